The summed E-state index contributed by atoms with van der Waals surface area (Å²) in [6.45, 7) is 5.19. The number of carbonyl (C=O) groups is 1. The van der Waals surface area contributed by atoms with Gasteiger partial charge in [-0.15, -0.1) is 0 Å². The van der Waals surface area contributed by atoms with Gasteiger partial charge in [-0.25, -0.2) is 4.68 Å². The molecular formula is C21H18F3N3O2. The van der Waals surface area contributed by atoms with Crippen molar-refractivity contribution in [3.8, 4) is 5.69 Å². The summed E-state index contributed by atoms with van der Waals surface area (Å²) in [5.41, 5.74) is 0.773. The Bertz CT molecular complexity index is 1150. The fourth-order valence-electron chi connectivity index (χ4n) is 2.83. The standard InChI is InChI=1S/C21H18F3N3O2/c1-12-7-8-13(2)17(9-12)25-20(29)19-18(28)10-14(3)27(26-19)16-6-4-5-15(11-16)21(22,23)24/h4-11H,1-3H3,(H,25,29). The van der Waals surface area contributed by atoms with Crippen LogP contribution in [0.25, 0.3) is 5.69 Å². The first-order valence-corrected chi connectivity index (χ1v) is 8.73. The van der Waals surface area contributed by atoms with Crippen molar-refractivity contribution in [3.05, 3.63) is 86.8 Å². The number of aryl methyl sites for hydroxylation is 3. The highest BCUT2D eigenvalue weighted by molar-refractivity contribution is 6.03. The number of halogens is 3. The lowest BCUT2D eigenvalue weighted by Crippen LogP contribution is -2.27. The normalized spacial score (nSPS) is 11.4. The van der Waals surface area contributed by atoms with Crippen molar-refractivity contribution >= 4 is 11.6 Å². The fourth-order valence-corrected chi connectivity index (χ4v) is 2.83. The van der Waals surface area contributed by atoms with E-state index in [0.29, 0.717) is 11.4 Å². The van der Waals surface area contributed by atoms with E-state index in [-0.39, 0.29) is 5.69 Å². The molecule has 0 radical (unpaired) electrons. The third-order valence-electron chi connectivity index (χ3n) is 4.38. The summed E-state index contributed by atoms with van der Waals surface area (Å²) in [6.07, 6.45) is -4.52. The van der Waals surface area contributed by atoms with Crippen LogP contribution in [0.15, 0.2) is 53.3 Å². The molecule has 0 saturated carbocycles. The number of carbonyl (C=O) groups excluding carboxylic acids is 1. The van der Waals surface area contributed by atoms with Gasteiger partial charge in [-0.2, -0.15) is 18.3 Å². The van der Waals surface area contributed by atoms with Gasteiger partial charge in [0.05, 0.1) is 11.3 Å². The summed E-state index contributed by atoms with van der Waals surface area (Å²) in [4.78, 5) is 25.0. The summed E-state index contributed by atoms with van der Waals surface area (Å²) in [5.74, 6) is -0.732. The first-order chi connectivity index (χ1) is 13.6. The lowest BCUT2D eigenvalue weighted by Gasteiger charge is -2.14. The molecule has 0 aliphatic carbocycles. The predicted octanol–water partition coefficient (Wildman–Crippen LogP) is 4.43. The number of benzene rings is 2. The Morgan fingerprint density at radius 1 is 1.03 bits per heavy atom. The van der Waals surface area contributed by atoms with Crippen molar-refractivity contribution in [2.24, 2.45) is 0 Å². The number of alkyl halides is 3. The molecule has 0 fully saturated rings. The number of nitrogens with zero attached hydrogens (tertiary/aromatic N) is 2. The number of anilines is 1. The molecule has 150 valence electrons. The van der Waals surface area contributed by atoms with Crippen LogP contribution in [0.1, 0.15) is 32.9 Å². The smallest absolute Gasteiger partial charge is 0.320 e. The Balaban J connectivity index is 2.03. The van der Waals surface area contributed by atoms with Gasteiger partial charge < -0.3 is 5.32 Å². The minimum Gasteiger partial charge on any atom is -0.320 e. The van der Waals surface area contributed by atoms with E-state index < -0.39 is 28.8 Å². The monoisotopic (exact) mass is 401 g/mol. The summed E-state index contributed by atoms with van der Waals surface area (Å²) in [6, 6.07) is 11.2. The highest BCUT2D eigenvalue weighted by atomic mass is 19.4. The highest BCUT2D eigenvalue weighted by Gasteiger charge is 2.30. The maximum absolute atomic E-state index is 13.0. The Morgan fingerprint density at radius 3 is 2.45 bits per heavy atom. The third-order valence-corrected chi connectivity index (χ3v) is 4.38. The van der Waals surface area contributed by atoms with E-state index in [1.165, 1.54) is 25.1 Å². The molecule has 1 N–H and O–H groups in total. The number of hydrogen-bond acceptors (Lipinski definition) is 3. The van der Waals surface area contributed by atoms with Crippen LogP contribution in [0.3, 0.4) is 0 Å². The lowest BCUT2D eigenvalue weighted by molar-refractivity contribution is -0.137. The van der Waals surface area contributed by atoms with Gasteiger partial charge in [-0.3, -0.25) is 9.59 Å². The van der Waals surface area contributed by atoms with Crippen molar-refractivity contribution in [1.29, 1.82) is 0 Å². The van der Waals surface area contributed by atoms with E-state index in [0.717, 1.165) is 27.9 Å². The minimum absolute atomic E-state index is 0.0955. The van der Waals surface area contributed by atoms with Crippen molar-refractivity contribution in [2.45, 2.75) is 26.9 Å². The van der Waals surface area contributed by atoms with Gasteiger partial charge in [0, 0.05) is 17.4 Å². The molecule has 3 rings (SSSR count). The first kappa shape index (κ1) is 20.3. The lowest BCUT2D eigenvalue weighted by atomic mass is 10.1. The Labute approximate surface area is 164 Å². The second-order valence-corrected chi connectivity index (χ2v) is 6.73. The zero-order valence-corrected chi connectivity index (χ0v) is 16.0. The molecule has 1 heterocycles. The number of amides is 1. The molecule has 0 spiro atoms. The minimum atomic E-state index is -4.52. The number of aromatic nitrogens is 2. The van der Waals surface area contributed by atoms with Gasteiger partial charge in [0.2, 0.25) is 5.43 Å². The number of hydrogen-bond donors (Lipinski definition) is 1. The van der Waals surface area contributed by atoms with Crippen molar-refractivity contribution < 1.29 is 18.0 Å². The van der Waals surface area contributed by atoms with Crippen LogP contribution in [-0.4, -0.2) is 15.7 Å². The topological polar surface area (TPSA) is 64.0 Å². The summed E-state index contributed by atoms with van der Waals surface area (Å²) in [5, 5.41) is 6.69. The molecule has 3 aromatic rings. The zero-order chi connectivity index (χ0) is 21.3. The van der Waals surface area contributed by atoms with E-state index in [1.54, 1.807) is 13.0 Å². The number of rotatable bonds is 3. The van der Waals surface area contributed by atoms with Gasteiger partial charge in [-0.1, -0.05) is 18.2 Å². The summed E-state index contributed by atoms with van der Waals surface area (Å²) in [7, 11) is 0. The van der Waals surface area contributed by atoms with Crippen molar-refractivity contribution in [1.82, 2.24) is 9.78 Å². The van der Waals surface area contributed by atoms with Crippen LogP contribution in [0, 0.1) is 20.8 Å². The molecule has 0 saturated heterocycles. The van der Waals surface area contributed by atoms with Gasteiger partial charge >= 0.3 is 6.18 Å². The fraction of sp³-hybridized carbons (Fsp3) is 0.190. The van der Waals surface area contributed by atoms with Crippen LogP contribution in [0.2, 0.25) is 0 Å². The molecule has 0 aliphatic rings. The third kappa shape index (κ3) is 4.37. The van der Waals surface area contributed by atoms with Gasteiger partial charge in [-0.05, 0) is 56.2 Å². The Kier molecular flexibility index (Phi) is 5.28. The van der Waals surface area contributed by atoms with Crippen LogP contribution >= 0.6 is 0 Å². The summed E-state index contributed by atoms with van der Waals surface area (Å²) >= 11 is 0. The Morgan fingerprint density at radius 2 is 1.76 bits per heavy atom. The van der Waals surface area contributed by atoms with E-state index in [9.17, 15) is 22.8 Å². The van der Waals surface area contributed by atoms with Crippen LogP contribution < -0.4 is 10.7 Å². The number of nitrogens with one attached hydrogen (secondary N) is 1. The zero-order valence-electron chi connectivity index (χ0n) is 16.0. The van der Waals surface area contributed by atoms with Gasteiger partial charge in [0.1, 0.15) is 0 Å². The largest absolute Gasteiger partial charge is 0.416 e. The van der Waals surface area contributed by atoms with Gasteiger partial charge in [0.15, 0.2) is 5.69 Å². The first-order valence-electron chi connectivity index (χ1n) is 8.73. The van der Waals surface area contributed by atoms with Gasteiger partial charge in [0.25, 0.3) is 5.91 Å². The summed E-state index contributed by atoms with van der Waals surface area (Å²) < 4.78 is 40.2. The molecule has 8 heteroatoms. The molecule has 0 aliphatic heterocycles. The molecule has 1 amide bonds. The average Bonchev–Trinajstić information content (AvgIpc) is 2.64. The Hall–Kier alpha value is -3.42. The molecule has 0 atom stereocenters. The van der Waals surface area contributed by atoms with E-state index in [4.69, 9.17) is 0 Å². The predicted molar refractivity (Wildman–Crippen MR) is 103 cm³/mol. The quantitative estimate of drug-likeness (QED) is 0.706. The molecule has 0 bridgehead atoms. The van der Waals surface area contributed by atoms with Crippen LogP contribution in [0.5, 0.6) is 0 Å². The van der Waals surface area contributed by atoms with Crippen molar-refractivity contribution in [2.75, 3.05) is 5.32 Å². The van der Waals surface area contributed by atoms with E-state index in [1.807, 2.05) is 19.1 Å². The highest BCUT2D eigenvalue weighted by Crippen LogP contribution is 2.30. The molecule has 29 heavy (non-hydrogen) atoms. The van der Waals surface area contributed by atoms with Crippen molar-refractivity contribution in [3.63, 3.8) is 0 Å². The van der Waals surface area contributed by atoms with E-state index in [2.05, 4.69) is 10.4 Å². The van der Waals surface area contributed by atoms with E-state index >= 15 is 0 Å². The SMILES string of the molecule is Cc1ccc(C)c(NC(=O)c2nn(-c3cccc(C(F)(F)F)c3)c(C)cc2=O)c1. The molecule has 5 nitrogen and oxygen atoms in total. The second kappa shape index (κ2) is 7.54. The second-order valence-electron chi connectivity index (χ2n) is 6.73. The van der Waals surface area contributed by atoms with Crippen LogP contribution in [0.4, 0.5) is 18.9 Å². The molecule has 0 unspecified atom stereocenters. The van der Waals surface area contributed by atoms with Crippen LogP contribution in [-0.2, 0) is 6.18 Å². The maximum Gasteiger partial charge on any atom is 0.416 e. The average molecular weight is 401 g/mol. The molecule has 2 aromatic carbocycles. The molecule has 1 aromatic heterocycles. The maximum atomic E-state index is 13.0. The molecular weight excluding hydrogens is 383 g/mol.